The Kier molecular flexibility index (Phi) is 9.38. The molecule has 0 radical (unpaired) electrons. The summed E-state index contributed by atoms with van der Waals surface area (Å²) in [4.78, 5) is 0. The Hall–Kier alpha value is 3.01. The van der Waals surface area contributed by atoms with Gasteiger partial charge in [0.1, 0.15) is 0 Å². The Morgan fingerprint density at radius 1 is 0.800 bits per heavy atom. The molecule has 2 unspecified atom stereocenters. The van der Waals surface area contributed by atoms with Crippen LogP contribution in [0.25, 0.3) is 0 Å². The third-order valence-electron chi connectivity index (χ3n) is 1.22. The van der Waals surface area contributed by atoms with Crippen molar-refractivity contribution in [2.24, 2.45) is 0 Å². The second kappa shape index (κ2) is 8.91. The van der Waals surface area contributed by atoms with Crippen molar-refractivity contribution in [3.63, 3.8) is 0 Å². The van der Waals surface area contributed by atoms with Gasteiger partial charge in [-0.2, -0.15) is 0 Å². The molecule has 1 aliphatic heterocycles. The van der Waals surface area contributed by atoms with Crippen molar-refractivity contribution in [2.45, 2.75) is 39.3 Å². The molecular weight excluding hydrogens is 595 g/mol. The summed E-state index contributed by atoms with van der Waals surface area (Å²) in [6.45, 7) is 12.6. The number of rotatable bonds is 6. The quantitative estimate of drug-likeness (QED) is 0.429. The molecule has 1 aliphatic rings. The first-order valence-electron chi connectivity index (χ1n) is 5.57. The summed E-state index contributed by atoms with van der Waals surface area (Å²) in [5.41, 5.74) is 0. The number of hydrogen-bond acceptors (Lipinski definition) is 6. The van der Waals surface area contributed by atoms with Crippen LogP contribution in [0.4, 0.5) is 0 Å². The Morgan fingerprint density at radius 3 is 1.55 bits per heavy atom. The van der Waals surface area contributed by atoms with Crippen LogP contribution in [-0.4, -0.2) is 76.8 Å². The van der Waals surface area contributed by atoms with Gasteiger partial charge in [0.15, 0.2) is 0 Å². The molecule has 1 saturated heterocycles. The molecule has 1 rings (SSSR count). The first kappa shape index (κ1) is 21.1. The van der Waals surface area contributed by atoms with E-state index in [0.29, 0.717) is 0 Å². The molecule has 2 atom stereocenters. The van der Waals surface area contributed by atoms with Crippen LogP contribution >= 0.6 is 19.9 Å². The summed E-state index contributed by atoms with van der Waals surface area (Å²) in [7, 11) is 8.35. The van der Waals surface area contributed by atoms with E-state index in [2.05, 4.69) is 39.3 Å². The molecule has 0 N–H and O–H groups in total. The van der Waals surface area contributed by atoms with Crippen molar-refractivity contribution < 1.29 is 17.7 Å². The molecule has 6 nitrogen and oxygen atoms in total. The van der Waals surface area contributed by atoms with Gasteiger partial charge in [-0.3, -0.25) is 0 Å². The Balaban J connectivity index is 2.63. The fourth-order valence-electron chi connectivity index (χ4n) is 0.783. The normalized spacial score (nSPS) is 28.9. The summed E-state index contributed by atoms with van der Waals surface area (Å²) < 4.78 is 34.1. The number of hydrogen-bond donors (Lipinski definition) is 0. The Morgan fingerprint density at radius 2 is 1.20 bits per heavy atom. The zero-order valence-electron chi connectivity index (χ0n) is 12.0. The predicted molar refractivity (Wildman–Crippen MR) is 87.9 cm³/mol. The summed E-state index contributed by atoms with van der Waals surface area (Å²) in [6, 6.07) is 0. The van der Waals surface area contributed by atoms with Crippen molar-refractivity contribution in [1.29, 1.82) is 0 Å². The van der Waals surface area contributed by atoms with E-state index >= 15 is 0 Å². The third kappa shape index (κ3) is 9.99. The van der Waals surface area contributed by atoms with E-state index in [9.17, 15) is 0 Å². The van der Waals surface area contributed by atoms with Gasteiger partial charge in [-0.1, -0.05) is 0 Å². The van der Waals surface area contributed by atoms with Gasteiger partial charge in [0, 0.05) is 0 Å². The van der Waals surface area contributed by atoms with E-state index in [1.165, 1.54) is 0 Å². The fourth-order valence-corrected chi connectivity index (χ4v) is 33.3. The molecule has 0 amide bonds. The first-order valence-corrected chi connectivity index (χ1v) is 25.0. The molecule has 0 aromatic rings. The molecule has 14 heteroatoms. The van der Waals surface area contributed by atoms with E-state index in [4.69, 9.17) is 37.6 Å². The molecular formula is C6H18As4Cl2O6Si2. The molecule has 0 spiro atoms. The van der Waals surface area contributed by atoms with Crippen molar-refractivity contribution in [2.75, 3.05) is 0 Å². The predicted octanol–water partition coefficient (Wildman–Crippen LogP) is 2.19. The molecule has 1 fully saturated rings. The zero-order chi connectivity index (χ0) is 15.6. The SMILES string of the molecule is C[Si](C)(C)O[As](O[As]1O[As](Cl)O[As](Cl)O1)O[Si](C)(C)C. The van der Waals surface area contributed by atoms with Crippen molar-refractivity contribution in [1.82, 2.24) is 0 Å². The molecule has 0 aliphatic carbocycles. The van der Waals surface area contributed by atoms with Crippen molar-refractivity contribution in [3.8, 4) is 0 Å². The van der Waals surface area contributed by atoms with Crippen molar-refractivity contribution in [3.05, 3.63) is 0 Å². The van der Waals surface area contributed by atoms with Crippen LogP contribution in [0.5, 0.6) is 0 Å². The average molecular weight is 613 g/mol. The van der Waals surface area contributed by atoms with Gasteiger partial charge < -0.3 is 0 Å². The van der Waals surface area contributed by atoms with Gasteiger partial charge in [-0.25, -0.2) is 0 Å². The molecule has 0 bridgehead atoms. The van der Waals surface area contributed by atoms with Crippen molar-refractivity contribution >= 4 is 96.7 Å². The van der Waals surface area contributed by atoms with Gasteiger partial charge >= 0.3 is 154 Å². The van der Waals surface area contributed by atoms with Crippen LogP contribution in [0.15, 0.2) is 0 Å². The Labute approximate surface area is 152 Å². The maximum absolute atomic E-state index is 6.04. The van der Waals surface area contributed by atoms with Crippen LogP contribution in [0.2, 0.25) is 39.3 Å². The van der Waals surface area contributed by atoms with Crippen LogP contribution in [0, 0.1) is 0 Å². The van der Waals surface area contributed by atoms with E-state index in [0.717, 1.165) is 0 Å². The van der Waals surface area contributed by atoms with E-state index < -0.39 is 76.8 Å². The first-order chi connectivity index (χ1) is 8.94. The Bertz CT molecular complexity index is 293. The summed E-state index contributed by atoms with van der Waals surface area (Å²) in [6.07, 6.45) is 0. The van der Waals surface area contributed by atoms with Crippen LogP contribution in [0.3, 0.4) is 0 Å². The van der Waals surface area contributed by atoms with E-state index in [1.54, 1.807) is 0 Å². The number of halogens is 2. The minimum absolute atomic E-state index is 1.76. The summed E-state index contributed by atoms with van der Waals surface area (Å²) >= 11 is -9.40. The van der Waals surface area contributed by atoms with Gasteiger partial charge in [0.2, 0.25) is 0 Å². The molecule has 1 heterocycles. The van der Waals surface area contributed by atoms with Gasteiger partial charge in [0.05, 0.1) is 0 Å². The van der Waals surface area contributed by atoms with Gasteiger partial charge in [-0.05, 0) is 0 Å². The molecule has 120 valence electrons. The molecule has 20 heavy (non-hydrogen) atoms. The topological polar surface area (TPSA) is 55.4 Å². The average Bonchev–Trinajstić information content (AvgIpc) is 2.08. The fraction of sp³-hybridized carbons (Fsp3) is 1.00. The zero-order valence-corrected chi connectivity index (χ0v) is 23.0. The van der Waals surface area contributed by atoms with E-state index in [-0.39, 0.29) is 0 Å². The van der Waals surface area contributed by atoms with Crippen LogP contribution in [0.1, 0.15) is 0 Å². The summed E-state index contributed by atoms with van der Waals surface area (Å²) in [5.74, 6) is 0. The van der Waals surface area contributed by atoms with Crippen LogP contribution in [-0.2, 0) is 17.7 Å². The molecule has 0 saturated carbocycles. The molecule has 0 aromatic heterocycles. The standard InChI is InChI=1S/C6H18As4Cl2O6Si2/c1-19(2,3)17-10(18-20(4,5)6)16-9-14-7(11)13-8(12)15-9/h1-6H3. The minimum atomic E-state index is -2.45. The van der Waals surface area contributed by atoms with Gasteiger partial charge in [0.25, 0.3) is 0 Å². The van der Waals surface area contributed by atoms with E-state index in [1.807, 2.05) is 0 Å². The summed E-state index contributed by atoms with van der Waals surface area (Å²) in [5, 5.41) is 0. The second-order valence-corrected chi connectivity index (χ2v) is 31.7. The third-order valence-corrected chi connectivity index (χ3v) is 31.7. The molecule has 0 aromatic carbocycles. The van der Waals surface area contributed by atoms with Gasteiger partial charge in [-0.15, -0.1) is 0 Å². The van der Waals surface area contributed by atoms with Crippen LogP contribution < -0.4 is 0 Å². The second-order valence-electron chi connectivity index (χ2n) is 5.61. The monoisotopic (exact) mass is 612 g/mol. The maximum atomic E-state index is 6.04.